The zero-order valence-electron chi connectivity index (χ0n) is 34.5. The number of nitrogens with two attached hydrogens (primary N) is 1. The molecule has 0 bridgehead atoms. The molecule has 1 unspecified atom stereocenters. The molecule has 6 heterocycles. The van der Waals surface area contributed by atoms with E-state index in [9.17, 15) is 24.0 Å². The van der Waals surface area contributed by atoms with Crippen LogP contribution in [0.4, 0.5) is 27.3 Å². The number of aromatic nitrogens is 2. The van der Waals surface area contributed by atoms with Crippen molar-refractivity contribution in [1.82, 2.24) is 25.1 Å². The average molecular weight is 861 g/mol. The molecular weight excluding hydrogens is 812 g/mol. The van der Waals surface area contributed by atoms with Gasteiger partial charge < -0.3 is 25.8 Å². The lowest BCUT2D eigenvalue weighted by Gasteiger charge is -2.44. The lowest BCUT2D eigenvalue weighted by atomic mass is 9.91. The van der Waals surface area contributed by atoms with Crippen molar-refractivity contribution in [3.63, 3.8) is 0 Å². The molecule has 15 nitrogen and oxygen atoms in total. The highest BCUT2D eigenvalue weighted by atomic mass is 32.2. The summed E-state index contributed by atoms with van der Waals surface area (Å²) in [6, 6.07) is 16.7. The molecule has 322 valence electrons. The number of halogens is 1. The minimum absolute atomic E-state index is 0.0733. The number of fused-ring (bicyclic) bond motifs is 1. The van der Waals surface area contributed by atoms with Gasteiger partial charge in [-0.15, -0.1) is 0 Å². The van der Waals surface area contributed by atoms with E-state index in [-0.39, 0.29) is 35.1 Å². The molecule has 9 rings (SSSR count). The Labute approximate surface area is 363 Å². The van der Waals surface area contributed by atoms with Crippen molar-refractivity contribution in [2.45, 2.75) is 73.0 Å². The van der Waals surface area contributed by atoms with Gasteiger partial charge in [-0.3, -0.25) is 39.1 Å². The first-order valence-corrected chi connectivity index (χ1v) is 22.0. The fourth-order valence-electron chi connectivity index (χ4n) is 9.11. The normalized spacial score (nSPS) is 21.0. The van der Waals surface area contributed by atoms with Gasteiger partial charge in [-0.2, -0.15) is 0 Å². The predicted molar refractivity (Wildman–Crippen MR) is 233 cm³/mol. The second-order valence-electron chi connectivity index (χ2n) is 17.0. The number of benzene rings is 3. The number of carbonyl (C=O) groups is 5. The second-order valence-corrected chi connectivity index (χ2v) is 18.1. The number of nitrogens with zero attached hydrogens (tertiary/aromatic N) is 7. The number of piperazine rings is 1. The van der Waals surface area contributed by atoms with E-state index < -0.39 is 41.4 Å². The van der Waals surface area contributed by atoms with E-state index >= 15 is 4.39 Å². The molecule has 17 heteroatoms. The molecule has 62 heavy (non-hydrogen) atoms. The van der Waals surface area contributed by atoms with Crippen LogP contribution < -0.4 is 31.1 Å². The first kappa shape index (κ1) is 41.4. The van der Waals surface area contributed by atoms with Gasteiger partial charge in [-0.25, -0.2) is 14.4 Å². The fourth-order valence-corrected chi connectivity index (χ4v) is 9.90. The number of nitrogens with one attached hydrogen (secondary N) is 2. The molecule has 0 aliphatic carbocycles. The van der Waals surface area contributed by atoms with Crippen LogP contribution in [0.3, 0.4) is 0 Å². The molecule has 1 atom stereocenters. The molecule has 4 saturated heterocycles. The zero-order valence-corrected chi connectivity index (χ0v) is 35.3. The average Bonchev–Trinajstić information content (AvgIpc) is 3.52. The van der Waals surface area contributed by atoms with Crippen molar-refractivity contribution in [2.75, 3.05) is 72.4 Å². The van der Waals surface area contributed by atoms with Crippen molar-refractivity contribution in [3.05, 3.63) is 95.6 Å². The molecule has 1 aromatic heterocycles. The first-order chi connectivity index (χ1) is 29.9. The monoisotopic (exact) mass is 860 g/mol. The Morgan fingerprint density at radius 1 is 0.823 bits per heavy atom. The highest BCUT2D eigenvalue weighted by Crippen LogP contribution is 2.33. The molecular formula is C45H49FN10O5S. The van der Waals surface area contributed by atoms with Gasteiger partial charge in [0.2, 0.25) is 11.8 Å². The maximum atomic E-state index is 15.6. The summed E-state index contributed by atoms with van der Waals surface area (Å²) in [4.78, 5) is 83.9. The van der Waals surface area contributed by atoms with Crippen molar-refractivity contribution < 1.29 is 28.4 Å². The minimum Gasteiger partial charge on any atom is -0.369 e. The van der Waals surface area contributed by atoms with Gasteiger partial charge >= 0.3 is 0 Å². The van der Waals surface area contributed by atoms with E-state index in [0.717, 1.165) is 91.3 Å². The number of piperidine rings is 3. The fraction of sp³-hybridized carbons (Fsp3) is 0.400. The SMILES string of the molecule is CC1(N)CCN(c2cnc(Sc3cccc(NC(=O)c4ccc(N5CCC(N6CCN(c7ccc8c(c7)C(=O)N(C7CCC(=O)NC7=O)C8=O)CC6)CC5)c(F)c4)c3)cn2)CC1. The summed E-state index contributed by atoms with van der Waals surface area (Å²) < 4.78 is 15.6. The quantitative estimate of drug-likeness (QED) is 0.200. The summed E-state index contributed by atoms with van der Waals surface area (Å²) in [5, 5.41) is 5.87. The van der Waals surface area contributed by atoms with E-state index in [2.05, 4.69) is 42.2 Å². The molecule has 0 spiro atoms. The van der Waals surface area contributed by atoms with Crippen LogP contribution in [0.15, 0.2) is 83.0 Å². The molecule has 0 radical (unpaired) electrons. The second kappa shape index (κ2) is 17.1. The molecule has 4 fully saturated rings. The molecule has 4 aromatic rings. The van der Waals surface area contributed by atoms with E-state index in [4.69, 9.17) is 5.73 Å². The number of carbonyl (C=O) groups excluding carboxylic acids is 5. The summed E-state index contributed by atoms with van der Waals surface area (Å²) in [5.74, 6) is -2.06. The Morgan fingerprint density at radius 2 is 1.58 bits per heavy atom. The van der Waals surface area contributed by atoms with Gasteiger partial charge in [0.1, 0.15) is 22.7 Å². The Morgan fingerprint density at radius 3 is 2.29 bits per heavy atom. The molecule has 5 amide bonds. The molecule has 3 aromatic carbocycles. The maximum Gasteiger partial charge on any atom is 0.262 e. The smallest absolute Gasteiger partial charge is 0.262 e. The lowest BCUT2D eigenvalue weighted by molar-refractivity contribution is -0.136. The largest absolute Gasteiger partial charge is 0.369 e. The first-order valence-electron chi connectivity index (χ1n) is 21.2. The van der Waals surface area contributed by atoms with Gasteiger partial charge in [0.05, 0.1) is 29.2 Å². The Kier molecular flexibility index (Phi) is 11.4. The van der Waals surface area contributed by atoms with E-state index in [0.29, 0.717) is 30.5 Å². The molecule has 4 N–H and O–H groups in total. The van der Waals surface area contributed by atoms with Crippen LogP contribution >= 0.6 is 11.8 Å². The predicted octanol–water partition coefficient (Wildman–Crippen LogP) is 4.53. The topological polar surface area (TPSA) is 177 Å². The standard InChI is InChI=1S/C45H49FN10O5S/c1-45(47)13-17-55(18-14-45)38-26-49-40(27-48-38)62-32-4-2-3-29(24-32)50-41(58)28-5-8-36(35(46)23-28)54-15-11-30(12-16-54)52-19-21-53(22-20-52)31-6-7-33-34(25-31)44(61)56(43(33)60)37-9-10-39(57)51-42(37)59/h2-8,23-27,30,37H,9-22,47H2,1H3,(H,50,58)(H,51,57,59). The number of hydrogen-bond donors (Lipinski definition) is 3. The summed E-state index contributed by atoms with van der Waals surface area (Å²) >= 11 is 1.44. The van der Waals surface area contributed by atoms with Crippen molar-refractivity contribution in [3.8, 4) is 0 Å². The van der Waals surface area contributed by atoms with E-state index in [1.54, 1.807) is 42.7 Å². The lowest BCUT2D eigenvalue weighted by Crippen LogP contribution is -2.54. The van der Waals surface area contributed by atoms with Gasteiger partial charge in [0.25, 0.3) is 17.7 Å². The number of hydrogen-bond acceptors (Lipinski definition) is 13. The molecule has 0 saturated carbocycles. The summed E-state index contributed by atoms with van der Waals surface area (Å²) in [7, 11) is 0. The van der Waals surface area contributed by atoms with Crippen LogP contribution in [0.1, 0.15) is 76.5 Å². The van der Waals surface area contributed by atoms with Crippen LogP contribution in [0, 0.1) is 5.82 Å². The number of rotatable bonds is 9. The van der Waals surface area contributed by atoms with Gasteiger partial charge in [0, 0.05) is 92.2 Å². The Balaban J connectivity index is 0.744. The zero-order chi connectivity index (χ0) is 43.1. The molecule has 5 aliphatic heterocycles. The third-order valence-electron chi connectivity index (χ3n) is 12.8. The van der Waals surface area contributed by atoms with Crippen LogP contribution in [-0.4, -0.2) is 119 Å². The third kappa shape index (κ3) is 8.61. The van der Waals surface area contributed by atoms with E-state index in [1.807, 2.05) is 29.2 Å². The highest BCUT2D eigenvalue weighted by Gasteiger charge is 2.45. The summed E-state index contributed by atoms with van der Waals surface area (Å²) in [5.41, 5.74) is 8.82. The highest BCUT2D eigenvalue weighted by molar-refractivity contribution is 7.99. The number of anilines is 4. The summed E-state index contributed by atoms with van der Waals surface area (Å²) in [6.45, 7) is 8.23. The van der Waals surface area contributed by atoms with Crippen LogP contribution in [-0.2, 0) is 9.59 Å². The van der Waals surface area contributed by atoms with Gasteiger partial charge in [0.15, 0.2) is 0 Å². The Bertz CT molecular complexity index is 2410. The van der Waals surface area contributed by atoms with Crippen LogP contribution in [0.5, 0.6) is 0 Å². The maximum absolute atomic E-state index is 15.6. The van der Waals surface area contributed by atoms with Crippen molar-refractivity contribution in [1.29, 1.82) is 0 Å². The summed E-state index contributed by atoms with van der Waals surface area (Å²) in [6.07, 6.45) is 7.27. The molecule has 5 aliphatic rings. The van der Waals surface area contributed by atoms with Crippen molar-refractivity contribution in [2.24, 2.45) is 5.73 Å². The van der Waals surface area contributed by atoms with E-state index in [1.165, 1.54) is 17.8 Å². The van der Waals surface area contributed by atoms with Crippen LogP contribution in [0.2, 0.25) is 0 Å². The minimum atomic E-state index is -0.998. The third-order valence-corrected chi connectivity index (χ3v) is 13.7. The number of amides is 5. The Hall–Kier alpha value is -5.91. The van der Waals surface area contributed by atoms with Gasteiger partial charge in [-0.1, -0.05) is 17.8 Å². The van der Waals surface area contributed by atoms with Gasteiger partial charge in [-0.05, 0) is 93.6 Å². The van der Waals surface area contributed by atoms with Crippen LogP contribution in [0.25, 0.3) is 0 Å². The van der Waals surface area contributed by atoms with Crippen molar-refractivity contribution >= 4 is 64.2 Å². The number of imide groups is 2.